The quantitative estimate of drug-likeness (QED) is 0.249. The topological polar surface area (TPSA) is 136 Å². The Labute approximate surface area is 233 Å². The zero-order valence-corrected chi connectivity index (χ0v) is 22.1. The number of rotatable bonds is 8. The number of furan rings is 1. The van der Waals surface area contributed by atoms with Crippen LogP contribution < -0.4 is 5.32 Å². The minimum Gasteiger partial charge on any atom is -0.451 e. The number of halogens is 1. The number of H-pyrrole nitrogens is 1. The Morgan fingerprint density at radius 1 is 0.951 bits per heavy atom. The lowest BCUT2D eigenvalue weighted by Crippen LogP contribution is -2.30. The van der Waals surface area contributed by atoms with Crippen molar-refractivity contribution in [1.82, 2.24) is 36.1 Å². The SMILES string of the molecule is Cc1ccc(-c2ccc(C(=O)NC(Cc3ccc(-c4noc(-c5ccc(C)cc5)n4)c(F)c3)c3nn[nH]n3)o2)cc1. The summed E-state index contributed by atoms with van der Waals surface area (Å²) < 4.78 is 26.4. The van der Waals surface area contributed by atoms with Crippen LogP contribution in [-0.4, -0.2) is 36.7 Å². The summed E-state index contributed by atoms with van der Waals surface area (Å²) in [5.74, 6) is 0.361. The molecule has 2 N–H and O–H groups in total. The van der Waals surface area contributed by atoms with Gasteiger partial charge in [-0.3, -0.25) is 4.79 Å². The standard InChI is InChI=1S/C30H24FN7O3/c1-17-3-8-20(9-4-17)25-13-14-26(40-25)29(39)32-24(28-34-37-38-35-28)16-19-7-12-22(23(31)15-19)27-33-30(41-36-27)21-10-5-18(2)6-11-21/h3-15,24H,16H2,1-2H3,(H,32,39)(H,34,35,37,38). The van der Waals surface area contributed by atoms with Gasteiger partial charge in [-0.2, -0.15) is 10.2 Å². The van der Waals surface area contributed by atoms with Gasteiger partial charge < -0.3 is 14.3 Å². The van der Waals surface area contributed by atoms with Gasteiger partial charge in [0.15, 0.2) is 11.6 Å². The van der Waals surface area contributed by atoms with E-state index < -0.39 is 17.8 Å². The van der Waals surface area contributed by atoms with Crippen LogP contribution in [0.1, 0.15) is 39.1 Å². The molecule has 0 saturated heterocycles. The summed E-state index contributed by atoms with van der Waals surface area (Å²) in [6.07, 6.45) is 0.189. The summed E-state index contributed by atoms with van der Waals surface area (Å²) >= 11 is 0. The molecule has 6 aromatic rings. The number of aromatic nitrogens is 6. The summed E-state index contributed by atoms with van der Waals surface area (Å²) in [5, 5.41) is 20.9. The highest BCUT2D eigenvalue weighted by Crippen LogP contribution is 2.27. The number of carbonyl (C=O) groups is 1. The number of amides is 1. The number of benzene rings is 3. The Bertz CT molecular complexity index is 1790. The summed E-state index contributed by atoms with van der Waals surface area (Å²) in [6.45, 7) is 3.98. The average molecular weight is 550 g/mol. The molecule has 0 aliphatic rings. The Morgan fingerprint density at radius 3 is 2.37 bits per heavy atom. The second-order valence-corrected chi connectivity index (χ2v) is 9.63. The molecular weight excluding hydrogens is 525 g/mol. The first-order valence-corrected chi connectivity index (χ1v) is 12.8. The van der Waals surface area contributed by atoms with Crippen molar-refractivity contribution in [3.63, 3.8) is 0 Å². The predicted octanol–water partition coefficient (Wildman–Crippen LogP) is 5.65. The molecule has 204 valence electrons. The van der Waals surface area contributed by atoms with Crippen LogP contribution in [0.15, 0.2) is 87.8 Å². The zero-order chi connectivity index (χ0) is 28.3. The normalized spacial score (nSPS) is 11.9. The predicted molar refractivity (Wildman–Crippen MR) is 147 cm³/mol. The minimum absolute atomic E-state index is 0.122. The van der Waals surface area contributed by atoms with Gasteiger partial charge in [-0.25, -0.2) is 4.39 Å². The van der Waals surface area contributed by atoms with E-state index in [9.17, 15) is 4.79 Å². The zero-order valence-electron chi connectivity index (χ0n) is 22.1. The van der Waals surface area contributed by atoms with Crippen molar-refractivity contribution in [3.8, 4) is 34.2 Å². The summed E-state index contributed by atoms with van der Waals surface area (Å²) in [6, 6.07) is 22.7. The molecule has 3 heterocycles. The third-order valence-corrected chi connectivity index (χ3v) is 6.58. The smallest absolute Gasteiger partial charge is 0.287 e. The Hall–Kier alpha value is -5.45. The summed E-state index contributed by atoms with van der Waals surface area (Å²) in [5.41, 5.74) is 4.59. The highest BCUT2D eigenvalue weighted by molar-refractivity contribution is 5.92. The van der Waals surface area contributed by atoms with Gasteiger partial charge in [0, 0.05) is 17.5 Å². The molecule has 6 rings (SSSR count). The molecule has 0 aliphatic carbocycles. The number of aromatic amines is 1. The molecule has 3 aromatic carbocycles. The first kappa shape index (κ1) is 25.8. The van der Waals surface area contributed by atoms with E-state index in [-0.39, 0.29) is 29.4 Å². The molecule has 0 aliphatic heterocycles. The Balaban J connectivity index is 1.19. The summed E-state index contributed by atoms with van der Waals surface area (Å²) in [7, 11) is 0. The van der Waals surface area contributed by atoms with Crippen LogP contribution in [0.3, 0.4) is 0 Å². The molecule has 0 bridgehead atoms. The first-order valence-electron chi connectivity index (χ1n) is 12.8. The van der Waals surface area contributed by atoms with Crippen molar-refractivity contribution < 1.29 is 18.1 Å². The third-order valence-electron chi connectivity index (χ3n) is 6.58. The molecule has 1 unspecified atom stereocenters. The molecule has 1 amide bonds. The van der Waals surface area contributed by atoms with Crippen LogP contribution in [0.2, 0.25) is 0 Å². The highest BCUT2D eigenvalue weighted by atomic mass is 19.1. The van der Waals surface area contributed by atoms with Gasteiger partial charge in [0.05, 0.1) is 11.6 Å². The maximum absolute atomic E-state index is 15.2. The van der Waals surface area contributed by atoms with Crippen molar-refractivity contribution in [3.05, 3.63) is 113 Å². The Kier molecular flexibility index (Phi) is 6.90. The second kappa shape index (κ2) is 11.0. The lowest BCUT2D eigenvalue weighted by atomic mass is 10.0. The van der Waals surface area contributed by atoms with Gasteiger partial charge >= 0.3 is 0 Å². The van der Waals surface area contributed by atoms with E-state index in [0.29, 0.717) is 17.2 Å². The van der Waals surface area contributed by atoms with Crippen molar-refractivity contribution in [2.45, 2.75) is 26.3 Å². The number of nitrogens with zero attached hydrogens (tertiary/aromatic N) is 5. The van der Waals surface area contributed by atoms with Gasteiger partial charge in [0.2, 0.25) is 5.82 Å². The number of tetrazole rings is 1. The molecule has 11 heteroatoms. The number of hydrogen-bond acceptors (Lipinski definition) is 8. The average Bonchev–Trinajstić information content (AvgIpc) is 3.76. The molecule has 3 aromatic heterocycles. The number of hydrogen-bond donors (Lipinski definition) is 2. The number of nitrogens with one attached hydrogen (secondary N) is 2. The molecule has 0 saturated carbocycles. The van der Waals surface area contributed by atoms with Gasteiger partial charge in [0.25, 0.3) is 11.8 Å². The van der Waals surface area contributed by atoms with Crippen molar-refractivity contribution in [1.29, 1.82) is 0 Å². The summed E-state index contributed by atoms with van der Waals surface area (Å²) in [4.78, 5) is 17.4. The van der Waals surface area contributed by atoms with E-state index in [0.717, 1.165) is 22.3 Å². The monoisotopic (exact) mass is 549 g/mol. The molecule has 0 radical (unpaired) electrons. The van der Waals surface area contributed by atoms with E-state index in [1.807, 2.05) is 62.4 Å². The van der Waals surface area contributed by atoms with Crippen LogP contribution >= 0.6 is 0 Å². The molecule has 0 fully saturated rings. The molecule has 1 atom stereocenters. The lowest BCUT2D eigenvalue weighted by molar-refractivity contribution is 0.0907. The van der Waals surface area contributed by atoms with E-state index in [1.165, 1.54) is 6.07 Å². The highest BCUT2D eigenvalue weighted by Gasteiger charge is 2.23. The van der Waals surface area contributed by atoms with Crippen LogP contribution in [0.5, 0.6) is 0 Å². The van der Waals surface area contributed by atoms with E-state index >= 15 is 4.39 Å². The van der Waals surface area contributed by atoms with E-state index in [4.69, 9.17) is 8.94 Å². The first-order chi connectivity index (χ1) is 19.9. The van der Waals surface area contributed by atoms with Gasteiger partial charge in [-0.1, -0.05) is 64.0 Å². The van der Waals surface area contributed by atoms with Crippen molar-refractivity contribution >= 4 is 5.91 Å². The largest absolute Gasteiger partial charge is 0.451 e. The maximum atomic E-state index is 15.2. The molecule has 10 nitrogen and oxygen atoms in total. The fraction of sp³-hybridized carbons (Fsp3) is 0.133. The maximum Gasteiger partial charge on any atom is 0.287 e. The molecule has 0 spiro atoms. The lowest BCUT2D eigenvalue weighted by Gasteiger charge is -2.15. The van der Waals surface area contributed by atoms with Gasteiger partial charge in [-0.15, -0.1) is 10.2 Å². The minimum atomic E-state index is -0.710. The van der Waals surface area contributed by atoms with Gasteiger partial charge in [0.1, 0.15) is 11.6 Å². The van der Waals surface area contributed by atoms with Gasteiger partial charge in [-0.05, 0) is 55.8 Å². The van der Waals surface area contributed by atoms with Crippen LogP contribution in [0, 0.1) is 19.7 Å². The number of carbonyl (C=O) groups excluding carboxylic acids is 1. The van der Waals surface area contributed by atoms with Crippen molar-refractivity contribution in [2.75, 3.05) is 0 Å². The van der Waals surface area contributed by atoms with Crippen LogP contribution in [0.25, 0.3) is 34.2 Å². The van der Waals surface area contributed by atoms with Crippen LogP contribution in [0.4, 0.5) is 4.39 Å². The number of aryl methyl sites for hydroxylation is 2. The fourth-order valence-electron chi connectivity index (χ4n) is 4.34. The third kappa shape index (κ3) is 5.64. The molecule has 41 heavy (non-hydrogen) atoms. The van der Waals surface area contributed by atoms with Crippen molar-refractivity contribution in [2.24, 2.45) is 0 Å². The molecular formula is C30H24FN7O3. The fourth-order valence-corrected chi connectivity index (χ4v) is 4.34. The van der Waals surface area contributed by atoms with Crippen LogP contribution in [-0.2, 0) is 6.42 Å². The second-order valence-electron chi connectivity index (χ2n) is 9.63. The van der Waals surface area contributed by atoms with E-state index in [2.05, 4.69) is 36.1 Å². The van der Waals surface area contributed by atoms with E-state index in [1.54, 1.807) is 24.3 Å². The Morgan fingerprint density at radius 2 is 1.68 bits per heavy atom.